The summed E-state index contributed by atoms with van der Waals surface area (Å²) in [5.74, 6) is 27.7. The molecule has 0 spiro atoms. The van der Waals surface area contributed by atoms with E-state index in [1.165, 1.54) is 178 Å². The highest BCUT2D eigenvalue weighted by molar-refractivity contribution is 8.76. The first kappa shape index (κ1) is 42.9. The number of rotatable bonds is 31. The standard InChI is InChI=1S/C42H70S2/c1-3-5-7-9-11-13-15-17-19-21-23-25-27-29-31-33-35-37-39-41-43-44-42-40-38-36-34-32-30-28-26-24-22-20-18-16-14-12-10-8-6-4-2/h3-16,25-42H2,1-2H3. The fraction of sp³-hybridized carbons (Fsp3) is 0.810. The molecule has 44 heavy (non-hydrogen) atoms. The summed E-state index contributed by atoms with van der Waals surface area (Å²) in [4.78, 5) is 0. The molecular formula is C42H70S2. The van der Waals surface area contributed by atoms with E-state index in [-0.39, 0.29) is 0 Å². The van der Waals surface area contributed by atoms with Crippen LogP contribution in [0.25, 0.3) is 0 Å². The quantitative estimate of drug-likeness (QED) is 0.0421. The van der Waals surface area contributed by atoms with Gasteiger partial charge in [0.25, 0.3) is 0 Å². The summed E-state index contributed by atoms with van der Waals surface area (Å²) in [6, 6.07) is 0. The van der Waals surface area contributed by atoms with Gasteiger partial charge < -0.3 is 0 Å². The Hall–Kier alpha value is -1.06. The maximum Gasteiger partial charge on any atom is 0.00989 e. The van der Waals surface area contributed by atoms with Gasteiger partial charge in [0.05, 0.1) is 0 Å². The van der Waals surface area contributed by atoms with Crippen LogP contribution in [0.4, 0.5) is 0 Å². The Morgan fingerprint density at radius 2 is 0.500 bits per heavy atom. The predicted molar refractivity (Wildman–Crippen MR) is 206 cm³/mol. The minimum atomic E-state index is 1.02. The highest BCUT2D eigenvalue weighted by atomic mass is 33.1. The van der Waals surface area contributed by atoms with Gasteiger partial charge in [-0.15, -0.1) is 0 Å². The molecule has 0 atom stereocenters. The van der Waals surface area contributed by atoms with Crippen LogP contribution in [0, 0.1) is 47.4 Å². The Labute approximate surface area is 285 Å². The van der Waals surface area contributed by atoms with E-state index >= 15 is 0 Å². The number of unbranched alkanes of at least 4 members (excludes halogenated alkanes) is 26. The number of hydrogen-bond donors (Lipinski definition) is 0. The Morgan fingerprint density at radius 3 is 0.773 bits per heavy atom. The van der Waals surface area contributed by atoms with Crippen LogP contribution in [0.3, 0.4) is 0 Å². The summed E-state index contributed by atoms with van der Waals surface area (Å²) in [5, 5.41) is 0. The van der Waals surface area contributed by atoms with E-state index in [9.17, 15) is 0 Å². The highest BCUT2D eigenvalue weighted by Crippen LogP contribution is 2.25. The lowest BCUT2D eigenvalue weighted by molar-refractivity contribution is 0.595. The molecule has 0 aliphatic rings. The fourth-order valence-corrected chi connectivity index (χ4v) is 7.34. The molecule has 0 amide bonds. The Bertz CT molecular complexity index is 743. The first-order chi connectivity index (χ1) is 21.9. The Balaban J connectivity index is 3.22. The summed E-state index contributed by atoms with van der Waals surface area (Å²) in [6.45, 7) is 4.54. The smallest absolute Gasteiger partial charge is 0.00989 e. The van der Waals surface area contributed by atoms with E-state index in [2.05, 4.69) is 82.8 Å². The van der Waals surface area contributed by atoms with Crippen LogP contribution < -0.4 is 0 Å². The van der Waals surface area contributed by atoms with E-state index in [0.29, 0.717) is 0 Å². The first-order valence-electron chi connectivity index (χ1n) is 19.1. The van der Waals surface area contributed by atoms with Crippen molar-refractivity contribution in [1.29, 1.82) is 0 Å². The predicted octanol–water partition coefficient (Wildman–Crippen LogP) is 14.1. The van der Waals surface area contributed by atoms with Crippen LogP contribution in [-0.4, -0.2) is 11.5 Å². The van der Waals surface area contributed by atoms with Crippen molar-refractivity contribution in [3.63, 3.8) is 0 Å². The van der Waals surface area contributed by atoms with E-state index in [0.717, 1.165) is 25.7 Å². The molecule has 0 fully saturated rings. The first-order valence-corrected chi connectivity index (χ1v) is 21.6. The molecule has 0 aromatic heterocycles. The largest absolute Gasteiger partial charge is 0.0942 e. The molecule has 0 aliphatic carbocycles. The molecular weight excluding hydrogens is 569 g/mol. The minimum Gasteiger partial charge on any atom is -0.0942 e. The van der Waals surface area contributed by atoms with Crippen LogP contribution in [0.15, 0.2) is 0 Å². The van der Waals surface area contributed by atoms with Gasteiger partial charge in [0, 0.05) is 37.2 Å². The molecule has 0 nitrogen and oxygen atoms in total. The lowest BCUT2D eigenvalue weighted by Gasteiger charge is -2.03. The van der Waals surface area contributed by atoms with Gasteiger partial charge >= 0.3 is 0 Å². The molecule has 0 aromatic rings. The maximum atomic E-state index is 3.24. The van der Waals surface area contributed by atoms with Crippen molar-refractivity contribution >= 4 is 21.6 Å². The van der Waals surface area contributed by atoms with Crippen LogP contribution >= 0.6 is 21.6 Å². The topological polar surface area (TPSA) is 0 Å². The lowest BCUT2D eigenvalue weighted by atomic mass is 10.1. The molecule has 0 rings (SSSR count). The van der Waals surface area contributed by atoms with Gasteiger partial charge in [0.1, 0.15) is 0 Å². The van der Waals surface area contributed by atoms with Crippen LogP contribution in [0.5, 0.6) is 0 Å². The molecule has 0 heterocycles. The Morgan fingerprint density at radius 1 is 0.273 bits per heavy atom. The van der Waals surface area contributed by atoms with Gasteiger partial charge in [-0.3, -0.25) is 0 Å². The van der Waals surface area contributed by atoms with Crippen LogP contribution in [-0.2, 0) is 0 Å². The summed E-state index contributed by atoms with van der Waals surface area (Å²) in [6.07, 6.45) is 39.2. The van der Waals surface area contributed by atoms with E-state index < -0.39 is 0 Å². The third-order valence-electron chi connectivity index (χ3n) is 7.93. The summed E-state index contributed by atoms with van der Waals surface area (Å²) >= 11 is 0. The lowest BCUT2D eigenvalue weighted by Crippen LogP contribution is -1.84. The summed E-state index contributed by atoms with van der Waals surface area (Å²) < 4.78 is 0. The van der Waals surface area contributed by atoms with Gasteiger partial charge in [0.2, 0.25) is 0 Å². The molecule has 0 aliphatic heterocycles. The fourth-order valence-electron chi connectivity index (χ4n) is 5.05. The minimum absolute atomic E-state index is 1.02. The molecule has 0 aromatic carbocycles. The van der Waals surface area contributed by atoms with E-state index in [4.69, 9.17) is 0 Å². The zero-order valence-corrected chi connectivity index (χ0v) is 31.1. The van der Waals surface area contributed by atoms with Gasteiger partial charge in [-0.2, -0.15) is 0 Å². The molecule has 0 saturated carbocycles. The van der Waals surface area contributed by atoms with Crippen molar-refractivity contribution in [3.05, 3.63) is 0 Å². The zero-order valence-electron chi connectivity index (χ0n) is 29.4. The summed E-state index contributed by atoms with van der Waals surface area (Å²) in [5.41, 5.74) is 0. The van der Waals surface area contributed by atoms with Gasteiger partial charge in [-0.1, -0.05) is 188 Å². The van der Waals surface area contributed by atoms with Crippen molar-refractivity contribution < 1.29 is 0 Å². The third kappa shape index (κ3) is 40.9. The van der Waals surface area contributed by atoms with Crippen LogP contribution in [0.2, 0.25) is 0 Å². The second kappa shape index (κ2) is 41.9. The second-order valence-electron chi connectivity index (χ2n) is 12.3. The van der Waals surface area contributed by atoms with E-state index in [1.807, 2.05) is 0 Å². The zero-order chi connectivity index (χ0) is 31.7. The van der Waals surface area contributed by atoms with Gasteiger partial charge in [-0.25, -0.2) is 0 Å². The van der Waals surface area contributed by atoms with Crippen LogP contribution in [0.1, 0.15) is 206 Å². The average Bonchev–Trinajstić information content (AvgIpc) is 3.04. The molecule has 0 N–H and O–H groups in total. The number of hydrogen-bond acceptors (Lipinski definition) is 2. The highest BCUT2D eigenvalue weighted by Gasteiger charge is 1.96. The van der Waals surface area contributed by atoms with Gasteiger partial charge in [0.15, 0.2) is 0 Å². The van der Waals surface area contributed by atoms with Crippen molar-refractivity contribution in [2.45, 2.75) is 206 Å². The summed E-state index contributed by atoms with van der Waals surface area (Å²) in [7, 11) is 4.20. The van der Waals surface area contributed by atoms with E-state index in [1.54, 1.807) is 0 Å². The molecule has 0 bridgehead atoms. The third-order valence-corrected chi connectivity index (χ3v) is 10.5. The average molecular weight is 639 g/mol. The van der Waals surface area contributed by atoms with Crippen molar-refractivity contribution in [2.24, 2.45) is 0 Å². The Kier molecular flexibility index (Phi) is 40.9. The molecule has 2 heteroatoms. The molecule has 0 unspecified atom stereocenters. The molecule has 250 valence electrons. The van der Waals surface area contributed by atoms with Gasteiger partial charge in [-0.05, 0) is 62.2 Å². The van der Waals surface area contributed by atoms with Crippen molar-refractivity contribution in [3.8, 4) is 47.4 Å². The monoisotopic (exact) mass is 638 g/mol. The molecule has 0 radical (unpaired) electrons. The normalized spacial score (nSPS) is 10.1. The molecule has 0 saturated heterocycles. The van der Waals surface area contributed by atoms with Crippen molar-refractivity contribution in [2.75, 3.05) is 11.5 Å². The second-order valence-corrected chi connectivity index (χ2v) is 15.0. The van der Waals surface area contributed by atoms with Crippen molar-refractivity contribution in [1.82, 2.24) is 0 Å². The maximum absolute atomic E-state index is 3.24. The SMILES string of the molecule is CCCCCCCCC#CC#CCCCCCCCCCSSCCCCCCCCCC#CC#CCCCCCCCC.